The summed E-state index contributed by atoms with van der Waals surface area (Å²) in [6.07, 6.45) is 0.427. The molecule has 1 aromatic heterocycles. The number of aromatic nitrogens is 1. The molecule has 4 nitrogen and oxygen atoms in total. The lowest BCUT2D eigenvalue weighted by Crippen LogP contribution is -2.12. The van der Waals surface area contributed by atoms with E-state index in [-0.39, 0.29) is 5.56 Å². The lowest BCUT2D eigenvalue weighted by atomic mass is 10.1. The molecule has 1 heterocycles. The van der Waals surface area contributed by atoms with Crippen LogP contribution in [0.4, 0.5) is 0 Å². The van der Waals surface area contributed by atoms with Crippen molar-refractivity contribution in [3.05, 3.63) is 68.6 Å². The number of halogens is 1. The van der Waals surface area contributed by atoms with Gasteiger partial charge in [-0.15, -0.1) is 0 Å². The Hall–Kier alpha value is -2.07. The first-order valence-corrected chi connectivity index (χ1v) is 5.63. The minimum Gasteiger partial charge on any atom is -0.478 e. The van der Waals surface area contributed by atoms with E-state index in [0.717, 1.165) is 11.6 Å². The minimum absolute atomic E-state index is 0.0178. The first-order chi connectivity index (χ1) is 8.54. The van der Waals surface area contributed by atoms with Gasteiger partial charge in [-0.3, -0.25) is 4.79 Å². The largest absolute Gasteiger partial charge is 0.478 e. The summed E-state index contributed by atoms with van der Waals surface area (Å²) in [5, 5.41) is 9.47. The van der Waals surface area contributed by atoms with Crippen LogP contribution >= 0.6 is 11.6 Å². The molecular weight excluding hydrogens is 254 g/mol. The van der Waals surface area contributed by atoms with Gasteiger partial charge < -0.3 is 10.1 Å². The number of carboxylic acids is 1. The molecule has 0 saturated heterocycles. The zero-order chi connectivity index (χ0) is 13.1. The van der Waals surface area contributed by atoms with Crippen LogP contribution in [0.5, 0.6) is 0 Å². The summed E-state index contributed by atoms with van der Waals surface area (Å²) in [5.74, 6) is -1.12. The maximum atomic E-state index is 11.3. The van der Waals surface area contributed by atoms with Crippen LogP contribution < -0.4 is 5.56 Å². The Kier molecular flexibility index (Phi) is 3.48. The summed E-state index contributed by atoms with van der Waals surface area (Å²) < 4.78 is 0. The number of nitrogens with one attached hydrogen (secondary N) is 1. The smallest absolute Gasteiger partial charge is 0.335 e. The molecule has 0 aliphatic heterocycles. The highest BCUT2D eigenvalue weighted by Crippen LogP contribution is 2.13. The fourth-order valence-electron chi connectivity index (χ4n) is 1.69. The Labute approximate surface area is 108 Å². The second kappa shape index (κ2) is 5.06. The number of hydrogen-bond donors (Lipinski definition) is 2. The summed E-state index contributed by atoms with van der Waals surface area (Å²) in [7, 11) is 0. The van der Waals surface area contributed by atoms with E-state index in [4.69, 9.17) is 16.7 Å². The molecule has 0 bridgehead atoms. The minimum atomic E-state index is -1.12. The van der Waals surface area contributed by atoms with Gasteiger partial charge in [-0.25, -0.2) is 4.79 Å². The average molecular weight is 264 g/mol. The van der Waals surface area contributed by atoms with E-state index < -0.39 is 11.5 Å². The number of H-pyrrole nitrogens is 1. The van der Waals surface area contributed by atoms with E-state index in [1.165, 1.54) is 6.07 Å². The molecule has 0 fully saturated rings. The van der Waals surface area contributed by atoms with Crippen LogP contribution in [-0.2, 0) is 6.42 Å². The topological polar surface area (TPSA) is 70.2 Å². The lowest BCUT2D eigenvalue weighted by Gasteiger charge is -2.03. The summed E-state index contributed by atoms with van der Waals surface area (Å²) in [5.41, 5.74) is 1.01. The standard InChI is InChI=1S/C13H10ClNO3/c14-10-3-1-2-8(4-10)5-11-6-9(13(17)18)7-12(16)15-11/h1-4,6-7H,5H2,(H,15,16)(H,17,18). The van der Waals surface area contributed by atoms with Crippen molar-refractivity contribution >= 4 is 17.6 Å². The zero-order valence-electron chi connectivity index (χ0n) is 9.31. The molecular formula is C13H10ClNO3. The SMILES string of the molecule is O=C(O)c1cc(Cc2cccc(Cl)c2)[nH]c(=O)c1. The van der Waals surface area contributed by atoms with Crippen molar-refractivity contribution in [2.45, 2.75) is 6.42 Å². The number of hydrogen-bond acceptors (Lipinski definition) is 2. The van der Waals surface area contributed by atoms with Gasteiger partial charge in [0.05, 0.1) is 5.56 Å². The molecule has 0 aliphatic rings. The third-order valence-electron chi connectivity index (χ3n) is 2.43. The predicted octanol–water partition coefficient (Wildman–Crippen LogP) is 2.32. The molecule has 2 N–H and O–H groups in total. The summed E-state index contributed by atoms with van der Waals surface area (Å²) in [6.45, 7) is 0. The quantitative estimate of drug-likeness (QED) is 0.893. The highest BCUT2D eigenvalue weighted by molar-refractivity contribution is 6.30. The van der Waals surface area contributed by atoms with Crippen molar-refractivity contribution in [2.75, 3.05) is 0 Å². The predicted molar refractivity (Wildman–Crippen MR) is 68.3 cm³/mol. The maximum Gasteiger partial charge on any atom is 0.335 e. The molecule has 0 atom stereocenters. The molecule has 0 unspecified atom stereocenters. The van der Waals surface area contributed by atoms with Crippen LogP contribution in [0.15, 0.2) is 41.2 Å². The van der Waals surface area contributed by atoms with Gasteiger partial charge >= 0.3 is 5.97 Å². The van der Waals surface area contributed by atoms with Crippen molar-refractivity contribution in [1.82, 2.24) is 4.98 Å². The third kappa shape index (κ3) is 2.99. The van der Waals surface area contributed by atoms with E-state index in [9.17, 15) is 9.59 Å². The highest BCUT2D eigenvalue weighted by Gasteiger charge is 2.06. The Morgan fingerprint density at radius 2 is 2.06 bits per heavy atom. The highest BCUT2D eigenvalue weighted by atomic mass is 35.5. The monoisotopic (exact) mass is 263 g/mol. The first-order valence-electron chi connectivity index (χ1n) is 5.25. The van der Waals surface area contributed by atoms with Crippen LogP contribution in [0, 0.1) is 0 Å². The number of carboxylic acid groups (broad SMARTS) is 1. The molecule has 2 rings (SSSR count). The Morgan fingerprint density at radius 3 is 2.72 bits per heavy atom. The molecule has 18 heavy (non-hydrogen) atoms. The molecule has 0 saturated carbocycles. The van der Waals surface area contributed by atoms with Gasteiger partial charge in [0.1, 0.15) is 0 Å². The lowest BCUT2D eigenvalue weighted by molar-refractivity contribution is 0.0696. The number of rotatable bonds is 3. The van der Waals surface area contributed by atoms with E-state index in [1.54, 1.807) is 18.2 Å². The number of aromatic amines is 1. The number of benzene rings is 1. The van der Waals surface area contributed by atoms with Crippen molar-refractivity contribution in [2.24, 2.45) is 0 Å². The van der Waals surface area contributed by atoms with E-state index >= 15 is 0 Å². The van der Waals surface area contributed by atoms with E-state index in [1.807, 2.05) is 6.07 Å². The van der Waals surface area contributed by atoms with Crippen molar-refractivity contribution < 1.29 is 9.90 Å². The summed E-state index contributed by atoms with van der Waals surface area (Å²) in [6, 6.07) is 9.69. The van der Waals surface area contributed by atoms with E-state index in [2.05, 4.69) is 4.98 Å². The van der Waals surface area contributed by atoms with Gasteiger partial charge in [0.2, 0.25) is 5.56 Å². The number of carbonyl (C=O) groups is 1. The average Bonchev–Trinajstić information content (AvgIpc) is 2.28. The molecule has 0 spiro atoms. The normalized spacial score (nSPS) is 10.3. The van der Waals surface area contributed by atoms with E-state index in [0.29, 0.717) is 17.1 Å². The molecule has 0 aliphatic carbocycles. The van der Waals surface area contributed by atoms with Gasteiger partial charge in [0.25, 0.3) is 0 Å². The Bertz CT molecular complexity index is 649. The fourth-order valence-corrected chi connectivity index (χ4v) is 1.90. The Balaban J connectivity index is 2.34. The fraction of sp³-hybridized carbons (Fsp3) is 0.0769. The zero-order valence-corrected chi connectivity index (χ0v) is 10.1. The van der Waals surface area contributed by atoms with Crippen LogP contribution in [0.25, 0.3) is 0 Å². The van der Waals surface area contributed by atoms with Gasteiger partial charge in [-0.05, 0) is 23.8 Å². The number of pyridine rings is 1. The van der Waals surface area contributed by atoms with Gasteiger partial charge in [-0.1, -0.05) is 23.7 Å². The molecule has 1 aromatic carbocycles. The number of aromatic carboxylic acids is 1. The van der Waals surface area contributed by atoms with Gasteiger partial charge in [0.15, 0.2) is 0 Å². The van der Waals surface area contributed by atoms with Gasteiger partial charge in [-0.2, -0.15) is 0 Å². The first kappa shape index (κ1) is 12.4. The van der Waals surface area contributed by atoms with Crippen LogP contribution in [0.3, 0.4) is 0 Å². The molecule has 0 amide bonds. The molecule has 2 aromatic rings. The van der Waals surface area contributed by atoms with Crippen LogP contribution in [0.1, 0.15) is 21.6 Å². The van der Waals surface area contributed by atoms with Crippen LogP contribution in [-0.4, -0.2) is 16.1 Å². The van der Waals surface area contributed by atoms with Crippen LogP contribution in [0.2, 0.25) is 5.02 Å². The van der Waals surface area contributed by atoms with Crippen molar-refractivity contribution in [1.29, 1.82) is 0 Å². The maximum absolute atomic E-state index is 11.3. The summed E-state index contributed by atoms with van der Waals surface area (Å²) >= 11 is 5.86. The second-order valence-corrected chi connectivity index (χ2v) is 4.31. The summed E-state index contributed by atoms with van der Waals surface area (Å²) in [4.78, 5) is 24.8. The van der Waals surface area contributed by atoms with Crippen molar-refractivity contribution in [3.63, 3.8) is 0 Å². The van der Waals surface area contributed by atoms with Crippen molar-refractivity contribution in [3.8, 4) is 0 Å². The molecule has 5 heteroatoms. The second-order valence-electron chi connectivity index (χ2n) is 3.87. The molecule has 0 radical (unpaired) electrons. The Morgan fingerprint density at radius 1 is 1.28 bits per heavy atom. The van der Waals surface area contributed by atoms with Gasteiger partial charge in [0, 0.05) is 23.2 Å². The molecule has 92 valence electrons. The third-order valence-corrected chi connectivity index (χ3v) is 2.67.